The fourth-order valence-corrected chi connectivity index (χ4v) is 3.88. The fourth-order valence-electron chi connectivity index (χ4n) is 3.88. The first-order valence-corrected chi connectivity index (χ1v) is 11.0. The van der Waals surface area contributed by atoms with E-state index in [-0.39, 0.29) is 30.1 Å². The molecule has 1 saturated carbocycles. The quantitative estimate of drug-likeness (QED) is 0.469. The summed E-state index contributed by atoms with van der Waals surface area (Å²) in [5, 5.41) is 2.97. The van der Waals surface area contributed by atoms with Crippen molar-refractivity contribution in [3.63, 3.8) is 0 Å². The Kier molecular flexibility index (Phi) is 7.16. The second-order valence-electron chi connectivity index (χ2n) is 8.15. The van der Waals surface area contributed by atoms with Crippen LogP contribution in [0, 0.1) is 12.8 Å². The Morgan fingerprint density at radius 1 is 1.09 bits per heavy atom. The van der Waals surface area contributed by atoms with E-state index in [1.54, 1.807) is 12.4 Å². The Morgan fingerprint density at radius 2 is 1.85 bits per heavy atom. The number of carbonyl (C=O) groups excluding carboxylic acids is 1. The number of ether oxygens (including phenoxy) is 1. The van der Waals surface area contributed by atoms with E-state index in [0.29, 0.717) is 11.5 Å². The monoisotopic (exact) mass is 453 g/mol. The van der Waals surface area contributed by atoms with E-state index in [0.717, 1.165) is 42.4 Å². The number of anilines is 2. The van der Waals surface area contributed by atoms with Gasteiger partial charge in [0.15, 0.2) is 12.4 Å². The third kappa shape index (κ3) is 6.06. The van der Waals surface area contributed by atoms with E-state index < -0.39 is 6.43 Å². The molecule has 1 aliphatic rings. The summed E-state index contributed by atoms with van der Waals surface area (Å²) in [7, 11) is 0. The number of aryl methyl sites for hydroxylation is 1. The lowest BCUT2D eigenvalue weighted by Crippen LogP contribution is -2.20. The number of hydrogen-bond acceptors (Lipinski definition) is 7. The molecule has 4 rings (SSSR count). The van der Waals surface area contributed by atoms with Crippen LogP contribution in [0.25, 0.3) is 11.1 Å². The Balaban J connectivity index is 1.43. The Morgan fingerprint density at radius 3 is 2.58 bits per heavy atom. The van der Waals surface area contributed by atoms with Gasteiger partial charge in [-0.1, -0.05) is 25.3 Å². The van der Waals surface area contributed by atoms with Gasteiger partial charge in [-0.15, -0.1) is 0 Å². The normalized spacial score (nSPS) is 14.3. The van der Waals surface area contributed by atoms with Gasteiger partial charge in [-0.3, -0.25) is 4.79 Å². The number of esters is 1. The van der Waals surface area contributed by atoms with Crippen molar-refractivity contribution in [3.05, 3.63) is 59.9 Å². The summed E-state index contributed by atoms with van der Waals surface area (Å²) in [6.07, 6.45) is 7.07. The number of hydrogen-bond donors (Lipinski definition) is 1. The average molecular weight is 453 g/mol. The zero-order valence-corrected chi connectivity index (χ0v) is 18.3. The highest BCUT2D eigenvalue weighted by molar-refractivity contribution is 5.72. The number of carbonyl (C=O) groups is 1. The topological polar surface area (TPSA) is 89.9 Å². The van der Waals surface area contributed by atoms with Crippen molar-refractivity contribution in [2.24, 2.45) is 5.92 Å². The van der Waals surface area contributed by atoms with Crippen molar-refractivity contribution in [2.75, 3.05) is 5.32 Å². The number of alkyl halides is 2. The van der Waals surface area contributed by atoms with Crippen molar-refractivity contribution in [1.82, 2.24) is 19.9 Å². The molecule has 2 aromatic heterocycles. The van der Waals surface area contributed by atoms with Gasteiger partial charge in [0.05, 0.1) is 5.92 Å². The molecular weight excluding hydrogens is 428 g/mol. The van der Waals surface area contributed by atoms with Crippen LogP contribution in [0.4, 0.5) is 20.4 Å². The SMILES string of the molecule is Cc1cc(Nc2nccc(C(F)F)n2)cc(-c2cnc(COC(=O)C3CCCCC3)nc2)c1. The zero-order chi connectivity index (χ0) is 23.2. The van der Waals surface area contributed by atoms with Gasteiger partial charge in [0.1, 0.15) is 5.69 Å². The second-order valence-corrected chi connectivity index (χ2v) is 8.15. The third-order valence-electron chi connectivity index (χ3n) is 5.55. The third-order valence-corrected chi connectivity index (χ3v) is 5.55. The largest absolute Gasteiger partial charge is 0.457 e. The van der Waals surface area contributed by atoms with Gasteiger partial charge in [0.25, 0.3) is 6.43 Å². The molecule has 3 aromatic rings. The number of halogens is 2. The van der Waals surface area contributed by atoms with Crippen molar-refractivity contribution in [1.29, 1.82) is 0 Å². The first-order valence-electron chi connectivity index (χ1n) is 11.0. The van der Waals surface area contributed by atoms with Gasteiger partial charge >= 0.3 is 5.97 Å². The van der Waals surface area contributed by atoms with Crippen LogP contribution in [0.3, 0.4) is 0 Å². The number of aromatic nitrogens is 4. The van der Waals surface area contributed by atoms with Crippen LogP contribution in [-0.4, -0.2) is 25.9 Å². The highest BCUT2D eigenvalue weighted by atomic mass is 19.3. The minimum atomic E-state index is -2.67. The standard InChI is InChI=1S/C24H25F2N5O2/c1-15-9-17(11-19(10-15)30-24-27-8-7-20(31-24)22(25)26)18-12-28-21(29-13-18)14-33-23(32)16-5-3-2-4-6-16/h7-13,16,22H,2-6,14H2,1H3,(H,27,30,31). The van der Waals surface area contributed by atoms with Crippen LogP contribution >= 0.6 is 0 Å². The molecule has 0 aliphatic heterocycles. The minimum absolute atomic E-state index is 0.0124. The molecular formula is C24H25F2N5O2. The number of rotatable bonds is 7. The Hall–Kier alpha value is -3.49. The van der Waals surface area contributed by atoms with Gasteiger partial charge in [-0.25, -0.2) is 28.7 Å². The van der Waals surface area contributed by atoms with E-state index in [1.165, 1.54) is 18.7 Å². The van der Waals surface area contributed by atoms with E-state index in [2.05, 4.69) is 25.3 Å². The van der Waals surface area contributed by atoms with Gasteiger partial charge in [-0.2, -0.15) is 0 Å². The molecule has 7 nitrogen and oxygen atoms in total. The summed E-state index contributed by atoms with van der Waals surface area (Å²) in [4.78, 5) is 28.7. The summed E-state index contributed by atoms with van der Waals surface area (Å²) >= 11 is 0. The first-order chi connectivity index (χ1) is 16.0. The molecule has 0 spiro atoms. The molecule has 0 atom stereocenters. The molecule has 1 N–H and O–H groups in total. The molecule has 1 aromatic carbocycles. The van der Waals surface area contributed by atoms with Crippen molar-refractivity contribution < 1.29 is 18.3 Å². The van der Waals surface area contributed by atoms with Crippen LogP contribution in [0.15, 0.2) is 42.9 Å². The molecule has 9 heteroatoms. The van der Waals surface area contributed by atoms with Crippen molar-refractivity contribution in [3.8, 4) is 11.1 Å². The number of benzene rings is 1. The number of nitrogens with one attached hydrogen (secondary N) is 1. The molecule has 172 valence electrons. The van der Waals surface area contributed by atoms with Crippen LogP contribution in [0.2, 0.25) is 0 Å². The fraction of sp³-hybridized carbons (Fsp3) is 0.375. The maximum absolute atomic E-state index is 12.9. The molecule has 0 saturated heterocycles. The predicted molar refractivity (Wildman–Crippen MR) is 119 cm³/mol. The van der Waals surface area contributed by atoms with Crippen LogP contribution in [0.5, 0.6) is 0 Å². The van der Waals surface area contributed by atoms with Gasteiger partial charge in [0.2, 0.25) is 5.95 Å². The first kappa shape index (κ1) is 22.7. The van der Waals surface area contributed by atoms with E-state index in [9.17, 15) is 13.6 Å². The lowest BCUT2D eigenvalue weighted by atomic mass is 9.89. The van der Waals surface area contributed by atoms with Crippen molar-refractivity contribution >= 4 is 17.6 Å². The molecule has 0 amide bonds. The molecule has 2 heterocycles. The maximum Gasteiger partial charge on any atom is 0.309 e. The molecule has 0 radical (unpaired) electrons. The summed E-state index contributed by atoms with van der Waals surface area (Å²) in [6.45, 7) is 1.97. The highest BCUT2D eigenvalue weighted by Gasteiger charge is 2.22. The summed E-state index contributed by atoms with van der Waals surface area (Å²) < 4.78 is 31.2. The lowest BCUT2D eigenvalue weighted by molar-refractivity contribution is -0.151. The maximum atomic E-state index is 12.9. The molecule has 0 unspecified atom stereocenters. The van der Waals surface area contributed by atoms with Crippen LogP contribution < -0.4 is 5.32 Å². The van der Waals surface area contributed by atoms with Gasteiger partial charge in [0, 0.05) is 29.8 Å². The Labute approximate surface area is 190 Å². The smallest absolute Gasteiger partial charge is 0.309 e. The molecule has 0 bridgehead atoms. The average Bonchev–Trinajstić information content (AvgIpc) is 2.83. The van der Waals surface area contributed by atoms with Gasteiger partial charge in [-0.05, 0) is 49.1 Å². The number of nitrogens with zero attached hydrogens (tertiary/aromatic N) is 4. The van der Waals surface area contributed by atoms with Gasteiger partial charge < -0.3 is 10.1 Å². The zero-order valence-electron chi connectivity index (χ0n) is 18.3. The summed E-state index contributed by atoms with van der Waals surface area (Å²) in [6, 6.07) is 6.85. The van der Waals surface area contributed by atoms with E-state index >= 15 is 0 Å². The Bertz CT molecular complexity index is 1100. The van der Waals surface area contributed by atoms with Crippen molar-refractivity contribution in [2.45, 2.75) is 52.1 Å². The highest BCUT2D eigenvalue weighted by Crippen LogP contribution is 2.27. The lowest BCUT2D eigenvalue weighted by Gasteiger charge is -2.19. The van der Waals surface area contributed by atoms with Crippen LogP contribution in [0.1, 0.15) is 55.6 Å². The summed E-state index contributed by atoms with van der Waals surface area (Å²) in [5.41, 5.74) is 2.88. The molecule has 1 aliphatic carbocycles. The molecule has 33 heavy (non-hydrogen) atoms. The van der Waals surface area contributed by atoms with Crippen LogP contribution in [-0.2, 0) is 16.1 Å². The van der Waals surface area contributed by atoms with E-state index in [4.69, 9.17) is 4.74 Å². The minimum Gasteiger partial charge on any atom is -0.457 e. The molecule has 1 fully saturated rings. The predicted octanol–water partition coefficient (Wildman–Crippen LogP) is 5.55. The summed E-state index contributed by atoms with van der Waals surface area (Å²) in [5.74, 6) is 0.346. The second kappa shape index (κ2) is 10.4. The van der Waals surface area contributed by atoms with E-state index in [1.807, 2.05) is 25.1 Å².